The van der Waals surface area contributed by atoms with Crippen molar-refractivity contribution in [2.75, 3.05) is 11.9 Å². The van der Waals surface area contributed by atoms with Gasteiger partial charge in [-0.05, 0) is 47.7 Å². The second-order valence-electron chi connectivity index (χ2n) is 6.63. The van der Waals surface area contributed by atoms with Crippen LogP contribution in [0.1, 0.15) is 42.6 Å². The van der Waals surface area contributed by atoms with E-state index in [0.717, 1.165) is 28.1 Å². The molecule has 0 unspecified atom stereocenters. The summed E-state index contributed by atoms with van der Waals surface area (Å²) in [5.74, 6) is 0.904. The molecule has 7 nitrogen and oxygen atoms in total. The average molecular weight is 355 g/mol. The van der Waals surface area contributed by atoms with Crippen LogP contribution in [0.15, 0.2) is 42.5 Å². The third-order valence-corrected chi connectivity index (χ3v) is 4.15. The van der Waals surface area contributed by atoms with Gasteiger partial charge in [0, 0.05) is 5.69 Å². The molecule has 1 aliphatic rings. The minimum atomic E-state index is -0.193. The molecule has 7 heteroatoms. The second-order valence-corrected chi connectivity index (χ2v) is 6.63. The first kappa shape index (κ1) is 18.3. The van der Waals surface area contributed by atoms with Crippen LogP contribution in [0.5, 0.6) is 5.75 Å². The van der Waals surface area contributed by atoms with E-state index in [-0.39, 0.29) is 18.7 Å². The summed E-state index contributed by atoms with van der Waals surface area (Å²) in [6, 6.07) is 13.7. The molecule has 0 saturated carbocycles. The van der Waals surface area contributed by atoms with Crippen LogP contribution in [0.2, 0.25) is 0 Å². The molecule has 2 aromatic carbocycles. The lowest BCUT2D eigenvalue weighted by molar-refractivity contribution is -0.118. The summed E-state index contributed by atoms with van der Waals surface area (Å²) in [5.41, 5.74) is 15.5. The topological polar surface area (TPSA) is 86.5 Å². The van der Waals surface area contributed by atoms with Crippen molar-refractivity contribution < 1.29 is 9.53 Å². The van der Waals surface area contributed by atoms with Crippen molar-refractivity contribution in [3.63, 3.8) is 0 Å². The number of anilines is 1. The Morgan fingerprint density at radius 1 is 1.15 bits per heavy atom. The lowest BCUT2D eigenvalue weighted by Crippen LogP contribution is -2.33. The number of carbonyl (C=O) groups is 1. The van der Waals surface area contributed by atoms with Crippen molar-refractivity contribution in [1.82, 2.24) is 21.9 Å². The Morgan fingerprint density at radius 3 is 2.65 bits per heavy atom. The van der Waals surface area contributed by atoms with Crippen molar-refractivity contribution in [3.8, 4) is 5.75 Å². The molecule has 138 valence electrons. The van der Waals surface area contributed by atoms with Crippen LogP contribution in [0, 0.1) is 6.92 Å². The van der Waals surface area contributed by atoms with E-state index in [4.69, 9.17) is 4.74 Å². The Labute approximate surface area is 153 Å². The number of hydrazine groups is 3. The maximum Gasteiger partial charge on any atom is 0.262 e. The Morgan fingerprint density at radius 2 is 1.92 bits per heavy atom. The summed E-state index contributed by atoms with van der Waals surface area (Å²) in [5, 5.41) is 2.88. The first-order chi connectivity index (χ1) is 12.5. The van der Waals surface area contributed by atoms with Gasteiger partial charge in [0.2, 0.25) is 0 Å². The molecule has 1 saturated heterocycles. The molecular weight excluding hydrogens is 330 g/mol. The summed E-state index contributed by atoms with van der Waals surface area (Å²) in [4.78, 5) is 12.3. The minimum absolute atomic E-state index is 0.0313. The molecular formula is C19H25N5O2. The predicted molar refractivity (Wildman–Crippen MR) is 101 cm³/mol. The van der Waals surface area contributed by atoms with Crippen LogP contribution in [0.3, 0.4) is 0 Å². The highest BCUT2D eigenvalue weighted by atomic mass is 16.5. The van der Waals surface area contributed by atoms with Gasteiger partial charge in [0.05, 0.1) is 0 Å². The molecule has 1 fully saturated rings. The predicted octanol–water partition coefficient (Wildman–Crippen LogP) is 2.25. The Bertz CT molecular complexity index is 772. The number of hydrogen-bond acceptors (Lipinski definition) is 6. The van der Waals surface area contributed by atoms with Crippen LogP contribution in [-0.4, -0.2) is 12.5 Å². The lowest BCUT2D eigenvalue weighted by atomic mass is 10.0. The molecule has 1 heterocycles. The summed E-state index contributed by atoms with van der Waals surface area (Å²) in [6.07, 6.45) is -0.0796. The van der Waals surface area contributed by atoms with Crippen molar-refractivity contribution in [1.29, 1.82) is 0 Å². The molecule has 0 aliphatic carbocycles. The molecule has 0 atom stereocenters. The van der Waals surface area contributed by atoms with Gasteiger partial charge in [-0.1, -0.05) is 38.1 Å². The second kappa shape index (κ2) is 8.29. The van der Waals surface area contributed by atoms with Gasteiger partial charge in [-0.15, -0.1) is 0 Å². The van der Waals surface area contributed by atoms with Crippen LogP contribution in [0.25, 0.3) is 0 Å². The first-order valence-electron chi connectivity index (χ1n) is 8.67. The first-order valence-corrected chi connectivity index (χ1v) is 8.67. The summed E-state index contributed by atoms with van der Waals surface area (Å²) < 4.78 is 5.79. The zero-order valence-electron chi connectivity index (χ0n) is 15.2. The molecule has 0 aromatic heterocycles. The molecule has 0 bridgehead atoms. The Hall–Kier alpha value is -2.45. The normalized spacial score (nSPS) is 14.6. The van der Waals surface area contributed by atoms with Gasteiger partial charge < -0.3 is 10.1 Å². The van der Waals surface area contributed by atoms with Crippen LogP contribution < -0.4 is 32.0 Å². The Kier molecular flexibility index (Phi) is 5.85. The summed E-state index contributed by atoms with van der Waals surface area (Å²) in [7, 11) is 0. The molecule has 2 aromatic rings. The number of aryl methyl sites for hydroxylation is 1. The maximum absolute atomic E-state index is 12.3. The number of benzene rings is 2. The van der Waals surface area contributed by atoms with Gasteiger partial charge in [-0.25, -0.2) is 10.9 Å². The van der Waals surface area contributed by atoms with Crippen LogP contribution in [-0.2, 0) is 4.79 Å². The fraction of sp³-hybridized carbons (Fsp3) is 0.316. The number of carbonyl (C=O) groups excluding carboxylic acids is 1. The van der Waals surface area contributed by atoms with Crippen molar-refractivity contribution in [2.24, 2.45) is 0 Å². The monoisotopic (exact) mass is 355 g/mol. The summed E-state index contributed by atoms with van der Waals surface area (Å²) in [6.45, 7) is 6.20. The quantitative estimate of drug-likeness (QED) is 0.546. The van der Waals surface area contributed by atoms with E-state index in [1.165, 1.54) is 0 Å². The van der Waals surface area contributed by atoms with Gasteiger partial charge in [0.15, 0.2) is 6.61 Å². The molecule has 3 rings (SSSR count). The van der Waals surface area contributed by atoms with E-state index in [9.17, 15) is 4.79 Å². The average Bonchev–Trinajstić information content (AvgIpc) is 3.15. The number of hydrogen-bond donors (Lipinski definition) is 5. The number of ether oxygens (including phenoxy) is 1. The molecule has 0 spiro atoms. The van der Waals surface area contributed by atoms with Gasteiger partial charge >= 0.3 is 0 Å². The van der Waals surface area contributed by atoms with Gasteiger partial charge in [-0.3, -0.25) is 4.79 Å². The van der Waals surface area contributed by atoms with E-state index in [1.807, 2.05) is 37.3 Å². The number of nitrogens with one attached hydrogen (secondary N) is 5. The zero-order chi connectivity index (χ0) is 18.5. The van der Waals surface area contributed by atoms with E-state index in [0.29, 0.717) is 5.92 Å². The zero-order valence-corrected chi connectivity index (χ0v) is 15.2. The van der Waals surface area contributed by atoms with Crippen LogP contribution >= 0.6 is 0 Å². The van der Waals surface area contributed by atoms with Gasteiger partial charge in [0.1, 0.15) is 11.9 Å². The lowest BCUT2D eigenvalue weighted by Gasteiger charge is -2.15. The SMILES string of the molecule is Cc1ccc(C(C)C)c(OCC(=O)Nc2cccc(C3NNNN3)c2)c1. The van der Waals surface area contributed by atoms with E-state index in [1.54, 1.807) is 0 Å². The van der Waals surface area contributed by atoms with E-state index in [2.05, 4.69) is 53.2 Å². The van der Waals surface area contributed by atoms with Crippen molar-refractivity contribution in [2.45, 2.75) is 32.9 Å². The molecule has 5 N–H and O–H groups in total. The van der Waals surface area contributed by atoms with Gasteiger partial charge in [0.25, 0.3) is 5.91 Å². The van der Waals surface area contributed by atoms with E-state index < -0.39 is 0 Å². The van der Waals surface area contributed by atoms with Crippen molar-refractivity contribution >= 4 is 11.6 Å². The Balaban J connectivity index is 1.61. The molecule has 1 amide bonds. The number of rotatable bonds is 6. The largest absolute Gasteiger partial charge is 0.483 e. The fourth-order valence-electron chi connectivity index (χ4n) is 2.80. The third kappa shape index (κ3) is 4.59. The molecule has 1 aliphatic heterocycles. The molecule has 0 radical (unpaired) electrons. The van der Waals surface area contributed by atoms with Crippen LogP contribution in [0.4, 0.5) is 5.69 Å². The highest BCUT2D eigenvalue weighted by molar-refractivity contribution is 5.92. The molecule has 26 heavy (non-hydrogen) atoms. The van der Waals surface area contributed by atoms with Crippen molar-refractivity contribution in [3.05, 3.63) is 59.2 Å². The third-order valence-electron chi connectivity index (χ3n) is 4.15. The smallest absolute Gasteiger partial charge is 0.262 e. The fourth-order valence-corrected chi connectivity index (χ4v) is 2.80. The number of amides is 1. The standard InChI is InChI=1S/C19H25N5O2/c1-12(2)16-8-7-13(3)9-17(16)26-11-18(25)20-15-6-4-5-14(10-15)19-21-23-24-22-19/h4-10,12,19,21-24H,11H2,1-3H3,(H,20,25). The van der Waals surface area contributed by atoms with E-state index >= 15 is 0 Å². The minimum Gasteiger partial charge on any atom is -0.483 e. The van der Waals surface area contributed by atoms with Gasteiger partial charge in [-0.2, -0.15) is 11.1 Å². The highest BCUT2D eigenvalue weighted by Crippen LogP contribution is 2.27. The summed E-state index contributed by atoms with van der Waals surface area (Å²) >= 11 is 0. The highest BCUT2D eigenvalue weighted by Gasteiger charge is 2.15. The maximum atomic E-state index is 12.3.